The molecule has 3 aliphatic heterocycles. The molecule has 0 aromatic heterocycles. The molecule has 0 bridgehead atoms. The maximum absolute atomic E-state index is 10.1. The van der Waals surface area contributed by atoms with Crippen molar-refractivity contribution in [1.29, 1.82) is 10.5 Å². The first-order valence-electron chi connectivity index (χ1n) is 7.94. The maximum atomic E-state index is 10.1. The number of nitrogens with zero attached hydrogens (tertiary/aromatic N) is 3. The van der Waals surface area contributed by atoms with E-state index in [0.717, 1.165) is 5.56 Å². The van der Waals surface area contributed by atoms with Crippen LogP contribution in [0.3, 0.4) is 0 Å². The van der Waals surface area contributed by atoms with Gasteiger partial charge in [0.1, 0.15) is 11.3 Å². The number of nitrogens with two attached hydrogens (primary N) is 1. The highest BCUT2D eigenvalue weighted by atomic mass is 16.8. The van der Waals surface area contributed by atoms with E-state index in [4.69, 9.17) is 24.7 Å². The van der Waals surface area contributed by atoms with Crippen molar-refractivity contribution in [2.45, 2.75) is 24.9 Å². The normalized spacial score (nSPS) is 42.6. The highest BCUT2D eigenvalue weighted by Crippen LogP contribution is 2.82. The number of nitriles is 2. The number of hydrogen-bond acceptors (Lipinski definition) is 8. The smallest absolute Gasteiger partial charge is 0.293 e. The molecule has 4 aliphatic rings. The molecule has 1 spiro atoms. The predicted octanol–water partition coefficient (Wildman–Crippen LogP) is 0.992. The lowest BCUT2D eigenvalue weighted by molar-refractivity contribution is -0.193. The summed E-state index contributed by atoms with van der Waals surface area (Å²) in [6, 6.07) is 9.85. The van der Waals surface area contributed by atoms with E-state index < -0.39 is 22.7 Å². The van der Waals surface area contributed by atoms with Gasteiger partial charge in [-0.1, -0.05) is 6.07 Å². The maximum Gasteiger partial charge on any atom is 0.293 e. The Hall–Kier alpha value is -2.81. The third-order valence-electron chi connectivity index (χ3n) is 5.53. The molecule has 126 valence electrons. The van der Waals surface area contributed by atoms with Crippen molar-refractivity contribution in [3.8, 4) is 23.6 Å². The summed E-state index contributed by atoms with van der Waals surface area (Å²) in [6.45, 7) is 2.26. The first kappa shape index (κ1) is 14.5. The van der Waals surface area contributed by atoms with Gasteiger partial charge in [0.05, 0.1) is 24.8 Å². The number of benzene rings is 1. The highest BCUT2D eigenvalue weighted by Gasteiger charge is 2.94. The Labute approximate surface area is 143 Å². The molecule has 5 rings (SSSR count). The quantitative estimate of drug-likeness (QED) is 0.810. The van der Waals surface area contributed by atoms with Crippen LogP contribution in [0.4, 0.5) is 0 Å². The van der Waals surface area contributed by atoms with Crippen molar-refractivity contribution in [3.05, 3.63) is 23.8 Å². The van der Waals surface area contributed by atoms with Crippen LogP contribution in [0, 0.1) is 33.5 Å². The van der Waals surface area contributed by atoms with Gasteiger partial charge in [0, 0.05) is 5.92 Å². The first-order chi connectivity index (χ1) is 12.0. The molecule has 8 heteroatoms. The van der Waals surface area contributed by atoms with Crippen LogP contribution in [0.1, 0.15) is 18.4 Å². The van der Waals surface area contributed by atoms with Crippen LogP contribution in [-0.4, -0.2) is 31.3 Å². The second kappa shape index (κ2) is 4.23. The molecule has 25 heavy (non-hydrogen) atoms. The lowest BCUT2D eigenvalue weighted by Crippen LogP contribution is -2.39. The molecule has 1 aromatic carbocycles. The third kappa shape index (κ3) is 1.34. The number of aliphatic imine (C=N–C) groups is 1. The van der Waals surface area contributed by atoms with Crippen molar-refractivity contribution < 1.29 is 18.9 Å². The zero-order valence-electron chi connectivity index (χ0n) is 13.4. The molecule has 1 saturated carbocycles. The first-order valence-corrected chi connectivity index (χ1v) is 7.94. The van der Waals surface area contributed by atoms with Gasteiger partial charge in [-0.3, -0.25) is 0 Å². The van der Waals surface area contributed by atoms with E-state index in [-0.39, 0.29) is 25.3 Å². The average molecular weight is 338 g/mol. The van der Waals surface area contributed by atoms with E-state index >= 15 is 0 Å². The number of amidine groups is 1. The number of hydrogen-bond donors (Lipinski definition) is 1. The van der Waals surface area contributed by atoms with Crippen LogP contribution in [0.15, 0.2) is 23.2 Å². The Balaban J connectivity index is 1.68. The number of rotatable bonds is 1. The average Bonchev–Trinajstić information content (AvgIpc) is 2.90. The van der Waals surface area contributed by atoms with Gasteiger partial charge in [0.15, 0.2) is 16.9 Å². The van der Waals surface area contributed by atoms with Gasteiger partial charge >= 0.3 is 0 Å². The minimum atomic E-state index is -1.54. The van der Waals surface area contributed by atoms with Gasteiger partial charge in [0.2, 0.25) is 6.79 Å². The fraction of sp³-hybridized carbons (Fsp3) is 0.471. The monoisotopic (exact) mass is 338 g/mol. The molecular formula is C17H14N4O4. The van der Waals surface area contributed by atoms with E-state index in [1.165, 1.54) is 0 Å². The van der Waals surface area contributed by atoms with Gasteiger partial charge in [-0.25, -0.2) is 4.99 Å². The van der Waals surface area contributed by atoms with Crippen molar-refractivity contribution in [2.24, 2.45) is 21.6 Å². The zero-order chi connectivity index (χ0) is 17.4. The Kier molecular flexibility index (Phi) is 2.46. The minimum absolute atomic E-state index is 0.0771. The van der Waals surface area contributed by atoms with E-state index in [1.807, 2.05) is 13.0 Å². The number of fused-ring (bicyclic) bond motifs is 3. The van der Waals surface area contributed by atoms with E-state index in [1.54, 1.807) is 12.1 Å². The summed E-state index contributed by atoms with van der Waals surface area (Å²) in [5.74, 6) is -0.775. The zero-order valence-corrected chi connectivity index (χ0v) is 13.4. The van der Waals surface area contributed by atoms with Gasteiger partial charge in [0.25, 0.3) is 5.91 Å². The Morgan fingerprint density at radius 1 is 1.24 bits per heavy atom. The highest BCUT2D eigenvalue weighted by molar-refractivity contribution is 6.00. The van der Waals surface area contributed by atoms with Crippen LogP contribution in [-0.2, 0) is 9.47 Å². The van der Waals surface area contributed by atoms with Gasteiger partial charge < -0.3 is 24.7 Å². The van der Waals surface area contributed by atoms with Gasteiger partial charge in [-0.2, -0.15) is 10.5 Å². The standard InChI is InChI=1S/C17H14N4O4/c1-9-5-24-17(25-9)16(7-19)13(15(16,6-18)14(20)21-17)10-2-3-11-12(4-10)23-8-22-11/h2-4,9,13H,5,8H2,1H3,(H2,20,21)/t9-,13-,15-,16-,17-/m1/s1. The molecule has 0 radical (unpaired) electrons. The largest absolute Gasteiger partial charge is 0.454 e. The number of ether oxygens (including phenoxy) is 4. The molecule has 0 amide bonds. The topological polar surface area (TPSA) is 123 Å². The Morgan fingerprint density at radius 2 is 2.04 bits per heavy atom. The van der Waals surface area contributed by atoms with Crippen LogP contribution in [0.2, 0.25) is 0 Å². The van der Waals surface area contributed by atoms with Gasteiger partial charge in [-0.15, -0.1) is 0 Å². The lowest BCUT2D eigenvalue weighted by atomic mass is 9.94. The van der Waals surface area contributed by atoms with Crippen molar-refractivity contribution in [1.82, 2.24) is 0 Å². The van der Waals surface area contributed by atoms with Crippen LogP contribution in [0.5, 0.6) is 11.5 Å². The Morgan fingerprint density at radius 3 is 2.72 bits per heavy atom. The fourth-order valence-corrected chi connectivity index (χ4v) is 4.45. The van der Waals surface area contributed by atoms with E-state index in [0.29, 0.717) is 11.5 Å². The molecule has 1 aromatic rings. The van der Waals surface area contributed by atoms with Crippen LogP contribution in [0.25, 0.3) is 0 Å². The molecule has 1 saturated heterocycles. The molecular weight excluding hydrogens is 324 g/mol. The second-order valence-corrected chi connectivity index (χ2v) is 6.70. The predicted molar refractivity (Wildman–Crippen MR) is 82.3 cm³/mol. The summed E-state index contributed by atoms with van der Waals surface area (Å²) in [7, 11) is 0. The van der Waals surface area contributed by atoms with Crippen LogP contribution < -0.4 is 15.2 Å². The minimum Gasteiger partial charge on any atom is -0.454 e. The molecule has 2 fully saturated rings. The van der Waals surface area contributed by atoms with Gasteiger partial charge in [-0.05, 0) is 24.6 Å². The summed E-state index contributed by atoms with van der Waals surface area (Å²) in [4.78, 5) is 4.28. The third-order valence-corrected chi connectivity index (χ3v) is 5.53. The molecule has 5 atom stereocenters. The lowest BCUT2D eigenvalue weighted by Gasteiger charge is -2.26. The molecule has 0 unspecified atom stereocenters. The molecule has 2 N–H and O–H groups in total. The summed E-state index contributed by atoms with van der Waals surface area (Å²) < 4.78 is 22.4. The van der Waals surface area contributed by atoms with Crippen molar-refractivity contribution in [3.63, 3.8) is 0 Å². The van der Waals surface area contributed by atoms with Crippen LogP contribution >= 0.6 is 0 Å². The summed E-state index contributed by atoms with van der Waals surface area (Å²) in [5, 5.41) is 20.0. The summed E-state index contributed by atoms with van der Waals surface area (Å²) in [5.41, 5.74) is 4.27. The summed E-state index contributed by atoms with van der Waals surface area (Å²) >= 11 is 0. The molecule has 1 aliphatic carbocycles. The van der Waals surface area contributed by atoms with E-state index in [2.05, 4.69) is 17.1 Å². The molecule has 3 heterocycles. The SMILES string of the molecule is C[C@@H]1CO[C@@]2(N=C(N)[C@@]3(C#N)[C@@H](c4ccc5c(c4)OCO5)[C@@]23C#N)O1. The second-order valence-electron chi connectivity index (χ2n) is 6.70. The fourth-order valence-electron chi connectivity index (χ4n) is 4.45. The molecule has 8 nitrogen and oxygen atoms in total. The van der Waals surface area contributed by atoms with Crippen molar-refractivity contribution >= 4 is 5.84 Å². The van der Waals surface area contributed by atoms with Crippen molar-refractivity contribution in [2.75, 3.05) is 13.4 Å². The van der Waals surface area contributed by atoms with E-state index in [9.17, 15) is 10.5 Å². The summed E-state index contributed by atoms with van der Waals surface area (Å²) in [6.07, 6.45) is -0.241. The Bertz CT molecular complexity index is 918.